The lowest BCUT2D eigenvalue weighted by molar-refractivity contribution is -0.319. The first-order valence-electron chi connectivity index (χ1n) is 3.70. The molecular weight excluding hydrogens is 148 g/mol. The van der Waals surface area contributed by atoms with Gasteiger partial charge >= 0.3 is 0 Å². The summed E-state index contributed by atoms with van der Waals surface area (Å²) < 4.78 is 10.0. The Kier molecular flexibility index (Phi) is 4.60. The van der Waals surface area contributed by atoms with Crippen molar-refractivity contribution in [3.05, 3.63) is 0 Å². The predicted molar refractivity (Wildman–Crippen MR) is 39.9 cm³/mol. The molecule has 0 aromatic heterocycles. The van der Waals surface area contributed by atoms with Crippen LogP contribution < -0.4 is 0 Å². The number of aliphatic hydroxyl groups is 2. The molecule has 0 radical (unpaired) electrons. The standard InChI is InChI=1S/C7H16O4/c1-4-10-7(3,6(8)9)11-5-2/h6,8-9H,4-5H2,1-3H3. The van der Waals surface area contributed by atoms with E-state index in [1.165, 1.54) is 6.92 Å². The van der Waals surface area contributed by atoms with Crippen LogP contribution in [0.1, 0.15) is 20.8 Å². The second-order valence-corrected chi connectivity index (χ2v) is 2.26. The van der Waals surface area contributed by atoms with Crippen molar-refractivity contribution in [1.29, 1.82) is 0 Å². The fourth-order valence-electron chi connectivity index (χ4n) is 0.764. The van der Waals surface area contributed by atoms with Gasteiger partial charge in [0, 0.05) is 13.2 Å². The van der Waals surface area contributed by atoms with Gasteiger partial charge in [0.25, 0.3) is 0 Å². The molecule has 0 aliphatic heterocycles. The van der Waals surface area contributed by atoms with Crippen LogP contribution in [0.3, 0.4) is 0 Å². The topological polar surface area (TPSA) is 58.9 Å². The maximum absolute atomic E-state index is 8.84. The van der Waals surface area contributed by atoms with E-state index in [0.29, 0.717) is 13.2 Å². The van der Waals surface area contributed by atoms with Gasteiger partial charge < -0.3 is 19.7 Å². The van der Waals surface area contributed by atoms with Crippen molar-refractivity contribution in [3.8, 4) is 0 Å². The zero-order valence-corrected chi connectivity index (χ0v) is 7.20. The van der Waals surface area contributed by atoms with Gasteiger partial charge in [-0.05, 0) is 20.8 Å². The van der Waals surface area contributed by atoms with E-state index in [0.717, 1.165) is 0 Å². The zero-order valence-electron chi connectivity index (χ0n) is 7.20. The summed E-state index contributed by atoms with van der Waals surface area (Å²) in [5, 5.41) is 17.7. The third kappa shape index (κ3) is 3.16. The molecule has 0 spiro atoms. The van der Waals surface area contributed by atoms with Gasteiger partial charge in [-0.15, -0.1) is 0 Å². The highest BCUT2D eigenvalue weighted by atomic mass is 16.7. The minimum Gasteiger partial charge on any atom is -0.364 e. The van der Waals surface area contributed by atoms with Crippen molar-refractivity contribution in [1.82, 2.24) is 0 Å². The lowest BCUT2D eigenvalue weighted by atomic mass is 10.3. The van der Waals surface area contributed by atoms with Crippen LogP contribution in [0, 0.1) is 0 Å². The lowest BCUT2D eigenvalue weighted by Crippen LogP contribution is -2.44. The summed E-state index contributed by atoms with van der Waals surface area (Å²) in [5.41, 5.74) is 0. The summed E-state index contributed by atoms with van der Waals surface area (Å²) in [4.78, 5) is 0. The van der Waals surface area contributed by atoms with E-state index in [4.69, 9.17) is 19.7 Å². The smallest absolute Gasteiger partial charge is 0.217 e. The number of hydrogen-bond acceptors (Lipinski definition) is 4. The van der Waals surface area contributed by atoms with Crippen molar-refractivity contribution in [2.24, 2.45) is 0 Å². The maximum atomic E-state index is 8.84. The number of aliphatic hydroxyl groups excluding tert-OH is 1. The van der Waals surface area contributed by atoms with E-state index in [2.05, 4.69) is 0 Å². The monoisotopic (exact) mass is 164 g/mol. The molecule has 0 aromatic rings. The van der Waals surface area contributed by atoms with Crippen molar-refractivity contribution in [2.75, 3.05) is 13.2 Å². The molecule has 0 saturated carbocycles. The molecule has 0 amide bonds. The Labute approximate surface area is 66.7 Å². The van der Waals surface area contributed by atoms with Crippen LogP contribution in [0.5, 0.6) is 0 Å². The molecule has 4 heteroatoms. The average Bonchev–Trinajstić information content (AvgIpc) is 1.88. The highest BCUT2D eigenvalue weighted by Gasteiger charge is 2.32. The number of rotatable bonds is 5. The van der Waals surface area contributed by atoms with Crippen molar-refractivity contribution >= 4 is 0 Å². The Bertz CT molecular complexity index is 96.6. The molecule has 0 fully saturated rings. The van der Waals surface area contributed by atoms with Crippen LogP contribution in [-0.2, 0) is 9.47 Å². The Balaban J connectivity index is 4.01. The molecule has 0 bridgehead atoms. The van der Waals surface area contributed by atoms with E-state index in [9.17, 15) is 0 Å². The van der Waals surface area contributed by atoms with Crippen LogP contribution in [0.4, 0.5) is 0 Å². The first-order chi connectivity index (χ1) is 5.06. The molecule has 0 atom stereocenters. The second-order valence-electron chi connectivity index (χ2n) is 2.26. The molecule has 0 unspecified atom stereocenters. The van der Waals surface area contributed by atoms with Crippen LogP contribution in [-0.4, -0.2) is 35.5 Å². The van der Waals surface area contributed by atoms with Gasteiger partial charge in [0.1, 0.15) is 0 Å². The summed E-state index contributed by atoms with van der Waals surface area (Å²) in [6, 6.07) is 0. The SMILES string of the molecule is CCOC(C)(OCC)C(O)O. The molecule has 0 aliphatic carbocycles. The Hall–Kier alpha value is -0.160. The molecular formula is C7H16O4. The molecule has 0 rings (SSSR count). The van der Waals surface area contributed by atoms with Crippen molar-refractivity contribution in [3.63, 3.8) is 0 Å². The van der Waals surface area contributed by atoms with Crippen molar-refractivity contribution < 1.29 is 19.7 Å². The van der Waals surface area contributed by atoms with Gasteiger partial charge in [-0.2, -0.15) is 0 Å². The maximum Gasteiger partial charge on any atom is 0.217 e. The third-order valence-electron chi connectivity index (χ3n) is 1.33. The van der Waals surface area contributed by atoms with E-state index in [-0.39, 0.29) is 0 Å². The molecule has 2 N–H and O–H groups in total. The molecule has 11 heavy (non-hydrogen) atoms. The molecule has 4 nitrogen and oxygen atoms in total. The fourth-order valence-corrected chi connectivity index (χ4v) is 0.764. The first-order valence-corrected chi connectivity index (χ1v) is 3.70. The quantitative estimate of drug-likeness (QED) is 0.565. The fraction of sp³-hybridized carbons (Fsp3) is 1.00. The summed E-state index contributed by atoms with van der Waals surface area (Å²) in [6.07, 6.45) is -1.61. The van der Waals surface area contributed by atoms with Crippen LogP contribution in [0.2, 0.25) is 0 Å². The number of ether oxygens (including phenoxy) is 2. The van der Waals surface area contributed by atoms with Crippen LogP contribution >= 0.6 is 0 Å². The minimum atomic E-state index is -1.61. The Morgan fingerprint density at radius 2 is 1.55 bits per heavy atom. The third-order valence-corrected chi connectivity index (χ3v) is 1.33. The van der Waals surface area contributed by atoms with E-state index in [1.807, 2.05) is 0 Å². The Morgan fingerprint density at radius 3 is 1.73 bits per heavy atom. The predicted octanol–water partition coefficient (Wildman–Crippen LogP) is 0.0863. The average molecular weight is 164 g/mol. The second kappa shape index (κ2) is 4.66. The van der Waals surface area contributed by atoms with Gasteiger partial charge in [0.15, 0.2) is 0 Å². The molecule has 0 aliphatic rings. The lowest BCUT2D eigenvalue weighted by Gasteiger charge is -2.30. The van der Waals surface area contributed by atoms with Gasteiger partial charge in [-0.25, -0.2) is 0 Å². The Morgan fingerprint density at radius 1 is 1.18 bits per heavy atom. The summed E-state index contributed by atoms with van der Waals surface area (Å²) in [7, 11) is 0. The first kappa shape index (κ1) is 10.8. The largest absolute Gasteiger partial charge is 0.364 e. The van der Waals surface area contributed by atoms with Gasteiger partial charge in [0.05, 0.1) is 0 Å². The molecule has 68 valence electrons. The number of hydrogen-bond donors (Lipinski definition) is 2. The van der Waals surface area contributed by atoms with Gasteiger partial charge in [-0.3, -0.25) is 0 Å². The normalized spacial score (nSPS) is 12.5. The zero-order chi connectivity index (χ0) is 8.91. The minimum absolute atomic E-state index is 0.383. The van der Waals surface area contributed by atoms with Gasteiger partial charge in [0.2, 0.25) is 12.1 Å². The van der Waals surface area contributed by atoms with E-state index >= 15 is 0 Å². The molecule has 0 saturated heterocycles. The van der Waals surface area contributed by atoms with Crippen molar-refractivity contribution in [2.45, 2.75) is 32.8 Å². The highest BCUT2D eigenvalue weighted by Crippen LogP contribution is 2.15. The van der Waals surface area contributed by atoms with E-state index in [1.54, 1.807) is 13.8 Å². The van der Waals surface area contributed by atoms with Crippen LogP contribution in [0.15, 0.2) is 0 Å². The highest BCUT2D eigenvalue weighted by molar-refractivity contribution is 4.64. The van der Waals surface area contributed by atoms with E-state index < -0.39 is 12.1 Å². The van der Waals surface area contributed by atoms with Crippen LogP contribution in [0.25, 0.3) is 0 Å². The molecule has 0 aromatic carbocycles. The summed E-state index contributed by atoms with van der Waals surface area (Å²) in [5.74, 6) is -1.29. The summed E-state index contributed by atoms with van der Waals surface area (Å²) in [6.45, 7) is 5.78. The molecule has 0 heterocycles. The summed E-state index contributed by atoms with van der Waals surface area (Å²) >= 11 is 0. The van der Waals surface area contributed by atoms with Gasteiger partial charge in [-0.1, -0.05) is 0 Å².